The van der Waals surface area contributed by atoms with Gasteiger partial charge < -0.3 is 26.2 Å². The number of anilines is 2. The molecule has 4 aromatic rings. The number of hydrogen-bond acceptors (Lipinski definition) is 10. The molecule has 12 nitrogen and oxygen atoms in total. The first-order valence-electron chi connectivity index (χ1n) is 18.3. The number of ether oxygens (including phenoxy) is 1. The molecule has 2 saturated heterocycles. The Morgan fingerprint density at radius 1 is 0.727 bits per heavy atom. The van der Waals surface area contributed by atoms with Crippen molar-refractivity contribution in [3.63, 3.8) is 0 Å². The molecule has 2 aromatic carbocycles. The maximum Gasteiger partial charge on any atom is 1.00 e. The summed E-state index contributed by atoms with van der Waals surface area (Å²) in [6.45, 7) is 5.40. The Balaban J connectivity index is 0.000000513. The zero-order valence-electron chi connectivity index (χ0n) is 33.1. The molecule has 0 atom stereocenters. The van der Waals surface area contributed by atoms with Crippen LogP contribution >= 0.6 is 0 Å². The predicted molar refractivity (Wildman–Crippen MR) is 207 cm³/mol. The second kappa shape index (κ2) is 24.6. The van der Waals surface area contributed by atoms with E-state index in [-0.39, 0.29) is 81.1 Å². The summed E-state index contributed by atoms with van der Waals surface area (Å²) in [6, 6.07) is 11.6. The van der Waals surface area contributed by atoms with E-state index in [0.717, 1.165) is 71.1 Å². The van der Waals surface area contributed by atoms with Crippen molar-refractivity contribution < 1.29 is 59.5 Å². The Kier molecular flexibility index (Phi) is 21.1. The largest absolute Gasteiger partial charge is 1.00 e. The third kappa shape index (κ3) is 13.7. The minimum Gasteiger partial charge on any atom is -1.00 e. The molecule has 2 aromatic heterocycles. The van der Waals surface area contributed by atoms with Crippen LogP contribution in [0.1, 0.15) is 71.1 Å². The van der Waals surface area contributed by atoms with Gasteiger partial charge in [-0.15, -0.1) is 0 Å². The van der Waals surface area contributed by atoms with Gasteiger partial charge in [0.05, 0.1) is 24.4 Å². The Bertz CT molecular complexity index is 1880. The van der Waals surface area contributed by atoms with Crippen LogP contribution in [0.5, 0.6) is 0 Å². The molecule has 0 amide bonds. The van der Waals surface area contributed by atoms with Gasteiger partial charge in [-0.25, -0.2) is 18.7 Å². The zero-order valence-corrected chi connectivity index (χ0v) is 34.1. The molecule has 55 heavy (non-hydrogen) atoms. The van der Waals surface area contributed by atoms with Crippen LogP contribution in [0, 0.1) is 11.6 Å². The molecule has 2 aliphatic rings. The Morgan fingerprint density at radius 3 is 1.51 bits per heavy atom. The first-order chi connectivity index (χ1) is 25.8. The van der Waals surface area contributed by atoms with E-state index in [1.165, 1.54) is 39.8 Å². The van der Waals surface area contributed by atoms with Gasteiger partial charge in [0.15, 0.2) is 11.6 Å². The van der Waals surface area contributed by atoms with Crippen LogP contribution in [0.3, 0.4) is 0 Å². The SMILES string of the molecule is CCOC(=O)CCc1cn(-c2ccc(F)cc2)c(=O)c(N2CCCCC2)n1.CO.O=c1c(N2CCCCC2)nc(CCCO)cn1-c1ccc(F)cc1.[B].[H-].[Na+]. The van der Waals surface area contributed by atoms with E-state index in [0.29, 0.717) is 54.6 Å². The third-order valence-electron chi connectivity index (χ3n) is 8.88. The quantitative estimate of drug-likeness (QED) is 0.170. The number of nitrogens with zero attached hydrogens (tertiary/aromatic N) is 6. The smallest absolute Gasteiger partial charge is 1.00 e. The van der Waals surface area contributed by atoms with E-state index in [1.54, 1.807) is 43.6 Å². The molecule has 0 saturated carbocycles. The van der Waals surface area contributed by atoms with Gasteiger partial charge in [-0.2, -0.15) is 0 Å². The maximum atomic E-state index is 13.3. The molecule has 2 N–H and O–H groups in total. The fourth-order valence-electron chi connectivity index (χ4n) is 6.23. The molecule has 0 spiro atoms. The zero-order chi connectivity index (χ0) is 38.2. The summed E-state index contributed by atoms with van der Waals surface area (Å²) >= 11 is 0. The molecule has 2 aliphatic heterocycles. The van der Waals surface area contributed by atoms with E-state index in [1.807, 2.05) is 9.80 Å². The minimum absolute atomic E-state index is 0. The van der Waals surface area contributed by atoms with Crippen molar-refractivity contribution >= 4 is 26.0 Å². The third-order valence-corrected chi connectivity index (χ3v) is 8.88. The summed E-state index contributed by atoms with van der Waals surface area (Å²) in [5.41, 5.74) is 2.16. The Labute approximate surface area is 346 Å². The number of halogens is 2. The number of aromatic nitrogens is 4. The van der Waals surface area contributed by atoms with Crippen molar-refractivity contribution in [3.8, 4) is 11.4 Å². The monoisotopic (exact) mass is 771 g/mol. The summed E-state index contributed by atoms with van der Waals surface area (Å²) in [7, 11) is 1.00. The molecule has 4 heterocycles. The number of carbonyl (C=O) groups is 1. The molecule has 3 radical (unpaired) electrons. The second-order valence-electron chi connectivity index (χ2n) is 12.6. The van der Waals surface area contributed by atoms with E-state index < -0.39 is 0 Å². The number of aryl methyl sites for hydroxylation is 2. The van der Waals surface area contributed by atoms with Gasteiger partial charge >= 0.3 is 35.5 Å². The van der Waals surface area contributed by atoms with Crippen LogP contribution in [-0.4, -0.2) is 90.2 Å². The second-order valence-corrected chi connectivity index (χ2v) is 12.6. The summed E-state index contributed by atoms with van der Waals surface area (Å²) in [5.74, 6) is -0.148. The van der Waals surface area contributed by atoms with Crippen LogP contribution in [0.2, 0.25) is 0 Å². The molecule has 2 fully saturated rings. The van der Waals surface area contributed by atoms with Crippen molar-refractivity contribution in [1.29, 1.82) is 0 Å². The van der Waals surface area contributed by atoms with Crippen molar-refractivity contribution in [1.82, 2.24) is 19.1 Å². The van der Waals surface area contributed by atoms with Crippen LogP contribution in [0.4, 0.5) is 20.4 Å². The summed E-state index contributed by atoms with van der Waals surface area (Å²) in [5, 5.41) is 16.1. The van der Waals surface area contributed by atoms with E-state index >= 15 is 0 Å². The fourth-order valence-corrected chi connectivity index (χ4v) is 6.23. The average Bonchev–Trinajstić information content (AvgIpc) is 3.19. The molecular formula is C39H51BF2N6NaO6. The number of aliphatic hydroxyl groups excluding tert-OH is 2. The number of hydrogen-bond donors (Lipinski definition) is 2. The first-order valence-corrected chi connectivity index (χ1v) is 18.3. The first kappa shape index (κ1) is 47.3. The molecular weight excluding hydrogens is 720 g/mol. The van der Waals surface area contributed by atoms with Crippen molar-refractivity contribution in [2.75, 3.05) is 56.3 Å². The normalized spacial score (nSPS) is 13.6. The van der Waals surface area contributed by atoms with Gasteiger partial charge in [-0.1, -0.05) is 0 Å². The van der Waals surface area contributed by atoms with Crippen LogP contribution in [0.15, 0.2) is 70.5 Å². The molecule has 0 aliphatic carbocycles. The molecule has 16 heteroatoms. The van der Waals surface area contributed by atoms with Crippen LogP contribution < -0.4 is 50.5 Å². The molecule has 0 bridgehead atoms. The van der Waals surface area contributed by atoms with Crippen molar-refractivity contribution in [2.24, 2.45) is 0 Å². The molecule has 6 rings (SSSR count). The fraction of sp³-hybridized carbons (Fsp3) is 0.462. The number of piperidine rings is 2. The van der Waals surface area contributed by atoms with Gasteiger partial charge in [0.25, 0.3) is 11.1 Å². The minimum atomic E-state index is -0.361. The van der Waals surface area contributed by atoms with Gasteiger partial charge in [0.1, 0.15) is 11.6 Å². The maximum absolute atomic E-state index is 13.3. The van der Waals surface area contributed by atoms with Crippen molar-refractivity contribution in [2.45, 2.75) is 71.1 Å². The Hall–Kier alpha value is -3.89. The number of carbonyl (C=O) groups excluding carboxylic acids is 1. The number of benzene rings is 2. The van der Waals surface area contributed by atoms with Crippen molar-refractivity contribution in [3.05, 3.63) is 105 Å². The molecule has 0 unspecified atom stereocenters. The van der Waals surface area contributed by atoms with Gasteiger partial charge in [-0.3, -0.25) is 23.5 Å². The number of esters is 1. The topological polar surface area (TPSA) is 143 Å². The van der Waals surface area contributed by atoms with E-state index in [4.69, 9.17) is 14.9 Å². The number of rotatable bonds is 11. The standard InChI is InChI=1S/C20H24FN3O3.C18H22FN3O2.CH4O.B.Na.H/c1-2-27-18(25)11-8-16-14-24(17-9-6-15(21)7-10-17)20(26)19(22-16)23-12-4-3-5-13-23;19-14-6-8-16(9-7-14)22-13-15(5-4-12-23)20-17(18(22)24)21-10-2-1-3-11-21;1-2;;;/h6-7,9-10,14H,2-5,8,11-13H2,1H3;6-9,13,23H,1-5,10-12H2;2H,1H3;;;/q;;;;+1;-1. The summed E-state index contributed by atoms with van der Waals surface area (Å²) in [4.78, 5) is 50.7. The molecule has 291 valence electrons. The van der Waals surface area contributed by atoms with Crippen LogP contribution in [0.25, 0.3) is 11.4 Å². The van der Waals surface area contributed by atoms with Gasteiger partial charge in [-0.05, 0) is 107 Å². The summed E-state index contributed by atoms with van der Waals surface area (Å²) < 4.78 is 34.4. The predicted octanol–water partition coefficient (Wildman–Crippen LogP) is 1.49. The summed E-state index contributed by atoms with van der Waals surface area (Å²) in [6.07, 6.45) is 11.5. The van der Waals surface area contributed by atoms with Gasteiger partial charge in [0.2, 0.25) is 0 Å². The van der Waals surface area contributed by atoms with Gasteiger partial charge in [0, 0.05) is 78.5 Å². The Morgan fingerprint density at radius 2 is 1.13 bits per heavy atom. The van der Waals surface area contributed by atoms with Crippen LogP contribution in [-0.2, 0) is 22.4 Å². The van der Waals surface area contributed by atoms with E-state index in [9.17, 15) is 23.2 Å². The number of aliphatic hydroxyl groups is 2. The average molecular weight is 772 g/mol. The van der Waals surface area contributed by atoms with E-state index in [2.05, 4.69) is 9.97 Å².